The molecule has 9 nitrogen and oxygen atoms in total. The molecule has 190 valence electrons. The van der Waals surface area contributed by atoms with Crippen LogP contribution in [0.3, 0.4) is 0 Å². The molecule has 3 rings (SSSR count). The van der Waals surface area contributed by atoms with Crippen LogP contribution >= 0.6 is 11.6 Å². The molecular weight excluding hydrogens is 506 g/mol. The van der Waals surface area contributed by atoms with Crippen LogP contribution in [0, 0.1) is 6.92 Å². The van der Waals surface area contributed by atoms with E-state index in [2.05, 4.69) is 10.5 Å². The van der Waals surface area contributed by atoms with Crippen LogP contribution in [-0.2, 0) is 14.8 Å². The number of anilines is 1. The van der Waals surface area contributed by atoms with Gasteiger partial charge in [-0.2, -0.15) is 5.10 Å². The summed E-state index contributed by atoms with van der Waals surface area (Å²) in [5.41, 5.74) is 4.27. The monoisotopic (exact) mass is 531 g/mol. The minimum atomic E-state index is -4.29. The van der Waals surface area contributed by atoms with E-state index in [0.717, 1.165) is 15.4 Å². The zero-order chi connectivity index (χ0) is 26.3. The number of nitrogens with zero attached hydrogens (tertiary/aromatic N) is 2. The Morgan fingerprint density at radius 2 is 1.67 bits per heavy atom. The second-order valence-electron chi connectivity index (χ2n) is 7.55. The first-order valence-electron chi connectivity index (χ1n) is 10.7. The molecule has 36 heavy (non-hydrogen) atoms. The van der Waals surface area contributed by atoms with E-state index < -0.39 is 22.5 Å². The van der Waals surface area contributed by atoms with Gasteiger partial charge < -0.3 is 14.2 Å². The average Bonchev–Trinajstić information content (AvgIpc) is 2.86. The zero-order valence-corrected chi connectivity index (χ0v) is 21.8. The van der Waals surface area contributed by atoms with Crippen molar-refractivity contribution in [3.63, 3.8) is 0 Å². The van der Waals surface area contributed by atoms with Crippen molar-refractivity contribution < 1.29 is 27.4 Å². The Labute approximate surface area is 215 Å². The number of sulfonamides is 1. The van der Waals surface area contributed by atoms with Gasteiger partial charge in [0.2, 0.25) is 0 Å². The van der Waals surface area contributed by atoms with Crippen LogP contribution in [0.2, 0.25) is 5.02 Å². The summed E-state index contributed by atoms with van der Waals surface area (Å²) in [4.78, 5) is 12.7. The van der Waals surface area contributed by atoms with Gasteiger partial charge in [0.05, 0.1) is 38.1 Å². The summed E-state index contributed by atoms with van der Waals surface area (Å²) >= 11 is 6.16. The SMILES string of the molecule is COc1ccc(S(=O)(=O)N(CC(=O)N/N=C\c2cccc(C)c2)c2cc(Cl)ccc2OC)cc1OC. The molecule has 0 spiro atoms. The molecule has 0 aromatic heterocycles. The fourth-order valence-corrected chi connectivity index (χ4v) is 4.96. The van der Waals surface area contributed by atoms with Crippen molar-refractivity contribution in [2.75, 3.05) is 32.2 Å². The fraction of sp³-hybridized carbons (Fsp3) is 0.200. The minimum absolute atomic E-state index is 0.0811. The third-order valence-corrected chi connectivity index (χ3v) is 7.08. The van der Waals surface area contributed by atoms with E-state index in [9.17, 15) is 13.2 Å². The number of benzene rings is 3. The smallest absolute Gasteiger partial charge is 0.265 e. The number of hydrogen-bond acceptors (Lipinski definition) is 7. The number of hydrogen-bond donors (Lipinski definition) is 1. The lowest BCUT2D eigenvalue weighted by molar-refractivity contribution is -0.119. The van der Waals surface area contributed by atoms with Gasteiger partial charge in [0.1, 0.15) is 12.3 Å². The van der Waals surface area contributed by atoms with Gasteiger partial charge in [0, 0.05) is 11.1 Å². The first-order chi connectivity index (χ1) is 17.2. The number of amides is 1. The molecule has 0 bridgehead atoms. The van der Waals surface area contributed by atoms with E-state index in [1.807, 2.05) is 31.2 Å². The molecule has 11 heteroatoms. The molecule has 0 saturated carbocycles. The molecule has 0 radical (unpaired) electrons. The Morgan fingerprint density at radius 1 is 0.972 bits per heavy atom. The van der Waals surface area contributed by atoms with E-state index in [4.69, 9.17) is 25.8 Å². The summed E-state index contributed by atoms with van der Waals surface area (Å²) < 4.78 is 44.2. The van der Waals surface area contributed by atoms with Gasteiger partial charge in [-0.05, 0) is 42.8 Å². The number of nitrogens with one attached hydrogen (secondary N) is 1. The van der Waals surface area contributed by atoms with Crippen molar-refractivity contribution in [1.29, 1.82) is 0 Å². The van der Waals surface area contributed by atoms with E-state index in [0.29, 0.717) is 5.75 Å². The number of hydrazone groups is 1. The van der Waals surface area contributed by atoms with Gasteiger partial charge >= 0.3 is 0 Å². The Balaban J connectivity index is 1.98. The largest absolute Gasteiger partial charge is 0.495 e. The molecule has 0 heterocycles. The molecule has 0 aliphatic rings. The molecule has 1 amide bonds. The van der Waals surface area contributed by atoms with Crippen molar-refractivity contribution in [2.45, 2.75) is 11.8 Å². The summed E-state index contributed by atoms with van der Waals surface area (Å²) in [5, 5.41) is 4.21. The van der Waals surface area contributed by atoms with E-state index in [1.54, 1.807) is 6.07 Å². The highest BCUT2D eigenvalue weighted by molar-refractivity contribution is 7.92. The summed E-state index contributed by atoms with van der Waals surface area (Å²) in [5.74, 6) is 0.0971. The van der Waals surface area contributed by atoms with E-state index >= 15 is 0 Å². The standard InChI is InChI=1S/C25H26ClN3O6S/c1-17-6-5-7-18(12-17)15-27-28-25(30)16-29(21-13-19(26)8-10-22(21)33-2)36(31,32)20-9-11-23(34-3)24(14-20)35-4/h5-15H,16H2,1-4H3,(H,28,30)/b27-15-. The molecular formula is C25H26ClN3O6S. The molecule has 1 N–H and O–H groups in total. The molecule has 0 aliphatic carbocycles. The van der Waals surface area contributed by atoms with Crippen molar-refractivity contribution >= 4 is 39.4 Å². The van der Waals surface area contributed by atoms with Gasteiger partial charge in [-0.25, -0.2) is 13.8 Å². The Kier molecular flexibility index (Phi) is 8.78. The molecule has 0 saturated heterocycles. The predicted molar refractivity (Wildman–Crippen MR) is 139 cm³/mol. The van der Waals surface area contributed by atoms with Crippen LogP contribution in [0.25, 0.3) is 0 Å². The molecule has 0 unspecified atom stereocenters. The highest BCUT2D eigenvalue weighted by Crippen LogP contribution is 2.36. The van der Waals surface area contributed by atoms with Gasteiger partial charge in [0.15, 0.2) is 11.5 Å². The second kappa shape index (κ2) is 11.8. The maximum atomic E-state index is 13.8. The van der Waals surface area contributed by atoms with Crippen LogP contribution in [0.1, 0.15) is 11.1 Å². The third-order valence-electron chi connectivity index (χ3n) is 5.08. The lowest BCUT2D eigenvalue weighted by Crippen LogP contribution is -2.39. The number of rotatable bonds is 10. The third kappa shape index (κ3) is 6.27. The number of carbonyl (C=O) groups is 1. The van der Waals surface area contributed by atoms with Crippen LogP contribution in [0.4, 0.5) is 5.69 Å². The summed E-state index contributed by atoms with van der Waals surface area (Å²) in [7, 11) is -0.0677. The Morgan fingerprint density at radius 3 is 2.33 bits per heavy atom. The van der Waals surface area contributed by atoms with Crippen molar-refractivity contribution in [3.05, 3.63) is 76.8 Å². The topological polar surface area (TPSA) is 107 Å². The highest BCUT2D eigenvalue weighted by atomic mass is 35.5. The molecule has 0 atom stereocenters. The number of halogens is 1. The van der Waals surface area contributed by atoms with Gasteiger partial charge in [-0.1, -0.05) is 41.4 Å². The molecule has 0 aliphatic heterocycles. The van der Waals surface area contributed by atoms with Crippen molar-refractivity contribution in [3.8, 4) is 17.2 Å². The number of ether oxygens (including phenoxy) is 3. The zero-order valence-electron chi connectivity index (χ0n) is 20.2. The van der Waals surface area contributed by atoms with Crippen molar-refractivity contribution in [2.24, 2.45) is 5.10 Å². The normalized spacial score (nSPS) is 11.2. The van der Waals surface area contributed by atoms with Gasteiger partial charge in [0.25, 0.3) is 15.9 Å². The van der Waals surface area contributed by atoms with Gasteiger partial charge in [-0.15, -0.1) is 0 Å². The number of carbonyl (C=O) groups excluding carboxylic acids is 1. The lowest BCUT2D eigenvalue weighted by Gasteiger charge is -2.25. The minimum Gasteiger partial charge on any atom is -0.495 e. The Bertz CT molecular complexity index is 1380. The average molecular weight is 532 g/mol. The first kappa shape index (κ1) is 26.8. The summed E-state index contributed by atoms with van der Waals surface area (Å²) in [6.45, 7) is 1.34. The lowest BCUT2D eigenvalue weighted by atomic mass is 10.2. The first-order valence-corrected chi connectivity index (χ1v) is 12.5. The fourth-order valence-electron chi connectivity index (χ4n) is 3.36. The van der Waals surface area contributed by atoms with E-state index in [1.165, 1.54) is 57.9 Å². The van der Waals surface area contributed by atoms with Crippen LogP contribution < -0.4 is 23.9 Å². The van der Waals surface area contributed by atoms with E-state index in [-0.39, 0.29) is 27.1 Å². The van der Waals surface area contributed by atoms with Crippen LogP contribution in [0.5, 0.6) is 17.2 Å². The van der Waals surface area contributed by atoms with Crippen molar-refractivity contribution in [1.82, 2.24) is 5.43 Å². The Hall–Kier alpha value is -3.76. The van der Waals surface area contributed by atoms with Crippen LogP contribution in [-0.4, -0.2) is 48.4 Å². The maximum Gasteiger partial charge on any atom is 0.265 e. The summed E-state index contributed by atoms with van der Waals surface area (Å²) in [6, 6.07) is 16.1. The van der Waals surface area contributed by atoms with Crippen LogP contribution in [0.15, 0.2) is 70.7 Å². The molecule has 3 aromatic carbocycles. The molecule has 0 fully saturated rings. The highest BCUT2D eigenvalue weighted by Gasteiger charge is 2.30. The summed E-state index contributed by atoms with van der Waals surface area (Å²) in [6.07, 6.45) is 1.47. The number of aryl methyl sites for hydroxylation is 1. The number of methoxy groups -OCH3 is 3. The quantitative estimate of drug-likeness (QED) is 0.313. The second-order valence-corrected chi connectivity index (χ2v) is 9.85. The van der Waals surface area contributed by atoms with Gasteiger partial charge in [-0.3, -0.25) is 9.10 Å². The predicted octanol–water partition coefficient (Wildman–Crippen LogP) is 4.02. The maximum absolute atomic E-state index is 13.8. The molecule has 3 aromatic rings.